The molecular formula is C22H16Br2N2O2. The SMILES string of the molecule is CCOC(=O)c1c2cccccc-2nc1Nc1c(Br)c2cccccc-2c1Br. The summed E-state index contributed by atoms with van der Waals surface area (Å²) in [5.41, 5.74) is 4.84. The first-order valence-corrected chi connectivity index (χ1v) is 10.4. The summed E-state index contributed by atoms with van der Waals surface area (Å²) in [5, 5.41) is 3.34. The first-order chi connectivity index (χ1) is 13.6. The molecule has 0 fully saturated rings. The maximum atomic E-state index is 12.7. The highest BCUT2D eigenvalue weighted by molar-refractivity contribution is 9.11. The zero-order chi connectivity index (χ0) is 19.7. The summed E-state index contributed by atoms with van der Waals surface area (Å²) in [6.07, 6.45) is 0. The summed E-state index contributed by atoms with van der Waals surface area (Å²) in [4.78, 5) is 17.4. The Hall–Kier alpha value is -2.44. The van der Waals surface area contributed by atoms with E-state index in [1.807, 2.05) is 60.7 Å². The predicted molar refractivity (Wildman–Crippen MR) is 119 cm³/mol. The third-order valence-electron chi connectivity index (χ3n) is 4.43. The number of halogens is 2. The van der Waals surface area contributed by atoms with Crippen LogP contribution in [0.5, 0.6) is 0 Å². The van der Waals surface area contributed by atoms with E-state index in [1.165, 1.54) is 0 Å². The van der Waals surface area contributed by atoms with Gasteiger partial charge in [0.25, 0.3) is 0 Å². The Labute approximate surface area is 179 Å². The van der Waals surface area contributed by atoms with Crippen LogP contribution in [-0.4, -0.2) is 17.6 Å². The number of fused-ring (bicyclic) bond motifs is 2. The van der Waals surface area contributed by atoms with Gasteiger partial charge in [0.15, 0.2) is 0 Å². The van der Waals surface area contributed by atoms with Gasteiger partial charge in [-0.2, -0.15) is 0 Å². The average molecular weight is 500 g/mol. The Bertz CT molecular complexity index is 1080. The molecule has 1 N–H and O–H groups in total. The van der Waals surface area contributed by atoms with Gasteiger partial charge in [0.05, 0.1) is 26.9 Å². The number of nitrogens with one attached hydrogen (secondary N) is 1. The average Bonchev–Trinajstić information content (AvgIpc) is 2.93. The van der Waals surface area contributed by atoms with Gasteiger partial charge >= 0.3 is 5.97 Å². The lowest BCUT2D eigenvalue weighted by Gasteiger charge is -2.07. The van der Waals surface area contributed by atoms with Gasteiger partial charge in [-0.25, -0.2) is 9.78 Å². The number of anilines is 2. The van der Waals surface area contributed by atoms with Crippen molar-refractivity contribution in [2.75, 3.05) is 11.9 Å². The van der Waals surface area contributed by atoms with E-state index in [4.69, 9.17) is 4.74 Å². The zero-order valence-corrected chi connectivity index (χ0v) is 18.2. The Morgan fingerprint density at radius 3 is 2.11 bits per heavy atom. The van der Waals surface area contributed by atoms with Gasteiger partial charge in [-0.15, -0.1) is 0 Å². The number of carbonyl (C=O) groups is 1. The van der Waals surface area contributed by atoms with Crippen LogP contribution in [0.4, 0.5) is 11.5 Å². The van der Waals surface area contributed by atoms with Crippen LogP contribution in [0.2, 0.25) is 0 Å². The lowest BCUT2D eigenvalue weighted by atomic mass is 10.1. The summed E-state index contributed by atoms with van der Waals surface area (Å²) in [6, 6.07) is 19.5. The quantitative estimate of drug-likeness (QED) is 0.316. The third-order valence-corrected chi connectivity index (χ3v) is 6.07. The Morgan fingerprint density at radius 1 is 0.929 bits per heavy atom. The minimum Gasteiger partial charge on any atom is -0.462 e. The van der Waals surface area contributed by atoms with Crippen molar-refractivity contribution in [2.24, 2.45) is 0 Å². The van der Waals surface area contributed by atoms with E-state index in [9.17, 15) is 4.79 Å². The van der Waals surface area contributed by atoms with E-state index in [1.54, 1.807) is 6.92 Å². The second-order valence-electron chi connectivity index (χ2n) is 6.13. The van der Waals surface area contributed by atoms with Gasteiger partial charge < -0.3 is 10.1 Å². The normalized spacial score (nSPS) is 11.0. The molecule has 0 saturated heterocycles. The van der Waals surface area contributed by atoms with Crippen molar-refractivity contribution in [1.82, 2.24) is 4.98 Å². The van der Waals surface area contributed by atoms with Crippen molar-refractivity contribution in [2.45, 2.75) is 6.92 Å². The van der Waals surface area contributed by atoms with Crippen LogP contribution in [0.15, 0.2) is 69.6 Å². The largest absolute Gasteiger partial charge is 0.462 e. The van der Waals surface area contributed by atoms with Crippen LogP contribution in [0.3, 0.4) is 0 Å². The van der Waals surface area contributed by atoms with E-state index < -0.39 is 5.97 Å². The lowest BCUT2D eigenvalue weighted by Crippen LogP contribution is -2.07. The molecule has 4 aliphatic rings. The molecule has 4 nitrogen and oxygen atoms in total. The molecule has 140 valence electrons. The summed E-state index contributed by atoms with van der Waals surface area (Å²) < 4.78 is 7.09. The highest BCUT2D eigenvalue weighted by Gasteiger charge is 2.27. The molecule has 0 unspecified atom stereocenters. The Kier molecular flexibility index (Phi) is 5.33. The highest BCUT2D eigenvalue weighted by atomic mass is 79.9. The van der Waals surface area contributed by atoms with Gasteiger partial charge in [-0.1, -0.05) is 54.6 Å². The van der Waals surface area contributed by atoms with E-state index in [0.29, 0.717) is 18.0 Å². The molecule has 0 amide bonds. The maximum absolute atomic E-state index is 12.7. The number of aromatic nitrogens is 1. The fraction of sp³-hybridized carbons (Fsp3) is 0.0909. The third kappa shape index (κ3) is 3.27. The van der Waals surface area contributed by atoms with E-state index >= 15 is 0 Å². The van der Waals surface area contributed by atoms with Crippen molar-refractivity contribution < 1.29 is 9.53 Å². The minimum absolute atomic E-state index is 0.300. The second kappa shape index (κ2) is 7.89. The predicted octanol–water partition coefficient (Wildman–Crippen LogP) is 6.74. The Morgan fingerprint density at radius 2 is 1.50 bits per heavy atom. The standard InChI is InChI=1S/C22H16Br2N2O2/c1-2-28-22(27)17-15-11-7-4-8-12-16(15)25-21(17)26-20-18(23)13-9-5-3-6-10-14(13)19(20)24/h3-12H,2H2,1H3,(H,25,26). The first kappa shape index (κ1) is 18.9. The molecule has 28 heavy (non-hydrogen) atoms. The summed E-state index contributed by atoms with van der Waals surface area (Å²) in [6.45, 7) is 2.09. The molecule has 3 aliphatic carbocycles. The summed E-state index contributed by atoms with van der Waals surface area (Å²) >= 11 is 7.38. The molecule has 4 rings (SSSR count). The highest BCUT2D eigenvalue weighted by Crippen LogP contribution is 2.48. The number of rotatable bonds is 4. The van der Waals surface area contributed by atoms with Crippen LogP contribution >= 0.6 is 31.9 Å². The van der Waals surface area contributed by atoms with Crippen molar-refractivity contribution in [3.8, 4) is 22.4 Å². The number of ether oxygens (including phenoxy) is 1. The molecule has 0 aromatic heterocycles. The van der Waals surface area contributed by atoms with Gasteiger partial charge in [-0.3, -0.25) is 0 Å². The van der Waals surface area contributed by atoms with E-state index in [0.717, 1.165) is 37.0 Å². The molecule has 0 aromatic rings. The van der Waals surface area contributed by atoms with Crippen molar-refractivity contribution in [1.29, 1.82) is 0 Å². The minimum atomic E-state index is -0.395. The molecule has 0 saturated carbocycles. The molecule has 6 heteroatoms. The lowest BCUT2D eigenvalue weighted by molar-refractivity contribution is 0.0528. The fourth-order valence-electron chi connectivity index (χ4n) is 3.17. The molecule has 0 aromatic carbocycles. The van der Waals surface area contributed by atoms with Gasteiger partial charge in [0.2, 0.25) is 0 Å². The fourth-order valence-corrected chi connectivity index (χ4v) is 4.73. The summed E-state index contributed by atoms with van der Waals surface area (Å²) in [7, 11) is 0. The number of hydrogen-bond acceptors (Lipinski definition) is 4. The van der Waals surface area contributed by atoms with Crippen LogP contribution in [0.25, 0.3) is 22.4 Å². The van der Waals surface area contributed by atoms with E-state index in [2.05, 4.69) is 42.2 Å². The topological polar surface area (TPSA) is 51.2 Å². The van der Waals surface area contributed by atoms with Crippen LogP contribution in [0.1, 0.15) is 17.3 Å². The second-order valence-corrected chi connectivity index (χ2v) is 7.72. The summed E-state index contributed by atoms with van der Waals surface area (Å²) in [5.74, 6) is 0.0780. The molecule has 0 radical (unpaired) electrons. The van der Waals surface area contributed by atoms with Gasteiger partial charge in [0.1, 0.15) is 11.4 Å². The van der Waals surface area contributed by atoms with Crippen molar-refractivity contribution in [3.63, 3.8) is 0 Å². The van der Waals surface area contributed by atoms with Crippen LogP contribution in [0, 0.1) is 0 Å². The van der Waals surface area contributed by atoms with Crippen LogP contribution in [-0.2, 0) is 4.74 Å². The molecule has 0 atom stereocenters. The number of esters is 1. The molecule has 1 heterocycles. The molecule has 0 bridgehead atoms. The number of carbonyl (C=O) groups excluding carboxylic acids is 1. The maximum Gasteiger partial charge on any atom is 0.342 e. The molecule has 0 spiro atoms. The van der Waals surface area contributed by atoms with Gasteiger partial charge in [-0.05, 0) is 56.0 Å². The molecular weight excluding hydrogens is 484 g/mol. The zero-order valence-electron chi connectivity index (χ0n) is 15.0. The number of hydrogen-bond donors (Lipinski definition) is 1. The van der Waals surface area contributed by atoms with Crippen molar-refractivity contribution >= 4 is 49.3 Å². The number of nitrogens with zero attached hydrogens (tertiary/aromatic N) is 1. The first-order valence-electron chi connectivity index (χ1n) is 8.80. The Balaban J connectivity index is 1.89. The van der Waals surface area contributed by atoms with Gasteiger partial charge in [0, 0.05) is 5.56 Å². The molecule has 1 aliphatic heterocycles. The van der Waals surface area contributed by atoms with E-state index in [-0.39, 0.29) is 0 Å². The van der Waals surface area contributed by atoms with Crippen molar-refractivity contribution in [3.05, 3.63) is 75.2 Å². The van der Waals surface area contributed by atoms with Crippen LogP contribution < -0.4 is 5.32 Å². The monoisotopic (exact) mass is 498 g/mol. The smallest absolute Gasteiger partial charge is 0.342 e.